The maximum Gasteiger partial charge on any atom is 0.122 e. The first-order valence-corrected chi connectivity index (χ1v) is 5.23. The number of ether oxygens (including phenoxy) is 1. The lowest BCUT2D eigenvalue weighted by Crippen LogP contribution is -2.25. The molecule has 0 aromatic heterocycles. The molecule has 3 unspecified atom stereocenters. The Bertz CT molecular complexity index is 375. The second-order valence-corrected chi connectivity index (χ2v) is 4.40. The molecule has 0 aliphatic heterocycles. The third kappa shape index (κ3) is 0.894. The smallest absolute Gasteiger partial charge is 0.122 e. The van der Waals surface area contributed by atoms with Crippen molar-refractivity contribution in [3.63, 3.8) is 0 Å². The molecular weight excluding hydrogens is 174 g/mol. The summed E-state index contributed by atoms with van der Waals surface area (Å²) in [4.78, 5) is 0. The number of nitrogens with two attached hydrogens (primary N) is 1. The van der Waals surface area contributed by atoms with Crippen LogP contribution >= 0.6 is 0 Å². The van der Waals surface area contributed by atoms with Crippen molar-refractivity contribution in [2.45, 2.75) is 30.7 Å². The van der Waals surface area contributed by atoms with Crippen LogP contribution in [0.4, 0.5) is 0 Å². The normalized spacial score (nSPS) is 33.1. The van der Waals surface area contributed by atoms with Crippen molar-refractivity contribution in [3.8, 4) is 5.75 Å². The van der Waals surface area contributed by atoms with E-state index >= 15 is 0 Å². The van der Waals surface area contributed by atoms with Crippen molar-refractivity contribution in [1.82, 2.24) is 0 Å². The number of benzene rings is 1. The molecule has 0 saturated heterocycles. The molecule has 1 fully saturated rings. The van der Waals surface area contributed by atoms with Gasteiger partial charge in [0.1, 0.15) is 5.75 Å². The molecule has 2 heteroatoms. The molecule has 1 aromatic carbocycles. The zero-order valence-corrected chi connectivity index (χ0v) is 8.36. The summed E-state index contributed by atoms with van der Waals surface area (Å²) in [6.45, 7) is 0. The Morgan fingerprint density at radius 1 is 1.36 bits per heavy atom. The number of methoxy groups -OCH3 is 1. The molecule has 0 radical (unpaired) electrons. The molecule has 3 rings (SSSR count). The summed E-state index contributed by atoms with van der Waals surface area (Å²) in [6.07, 6.45) is 2.37. The molecule has 14 heavy (non-hydrogen) atoms. The fraction of sp³-hybridized carbons (Fsp3) is 0.500. The van der Waals surface area contributed by atoms with Gasteiger partial charge >= 0.3 is 0 Å². The molecule has 0 amide bonds. The van der Waals surface area contributed by atoms with Crippen LogP contribution in [-0.4, -0.2) is 13.2 Å². The van der Waals surface area contributed by atoms with Gasteiger partial charge in [0.15, 0.2) is 0 Å². The summed E-state index contributed by atoms with van der Waals surface area (Å²) in [5, 5.41) is 0. The molecule has 1 aromatic rings. The predicted octanol–water partition coefficient (Wildman–Crippen LogP) is 2.00. The standard InChI is InChI=1S/C12H15NO/c1-14-11-4-2-3-8-9-5-7(12(8)11)6-10(9)13/h2-4,7,9-10H,5-6,13H2,1H3. The van der Waals surface area contributed by atoms with Gasteiger partial charge in [0, 0.05) is 17.5 Å². The summed E-state index contributed by atoms with van der Waals surface area (Å²) in [7, 11) is 1.75. The minimum Gasteiger partial charge on any atom is -0.496 e. The monoisotopic (exact) mass is 189 g/mol. The highest BCUT2D eigenvalue weighted by molar-refractivity contribution is 5.51. The second-order valence-electron chi connectivity index (χ2n) is 4.40. The highest BCUT2D eigenvalue weighted by atomic mass is 16.5. The van der Waals surface area contributed by atoms with Gasteiger partial charge in [0.05, 0.1) is 7.11 Å². The molecule has 0 spiro atoms. The van der Waals surface area contributed by atoms with Gasteiger partial charge in [0.2, 0.25) is 0 Å². The van der Waals surface area contributed by atoms with Gasteiger partial charge < -0.3 is 10.5 Å². The molecule has 74 valence electrons. The first kappa shape index (κ1) is 8.30. The first-order valence-electron chi connectivity index (χ1n) is 5.23. The third-order valence-electron chi connectivity index (χ3n) is 3.74. The molecule has 2 aliphatic carbocycles. The average Bonchev–Trinajstić information content (AvgIpc) is 2.74. The van der Waals surface area contributed by atoms with E-state index in [0.717, 1.165) is 12.2 Å². The van der Waals surface area contributed by atoms with Gasteiger partial charge in [-0.25, -0.2) is 0 Å². The summed E-state index contributed by atoms with van der Waals surface area (Å²) >= 11 is 0. The zero-order chi connectivity index (χ0) is 9.71. The van der Waals surface area contributed by atoms with Crippen LogP contribution in [0.15, 0.2) is 18.2 Å². The van der Waals surface area contributed by atoms with Gasteiger partial charge in [0.25, 0.3) is 0 Å². The largest absolute Gasteiger partial charge is 0.496 e. The van der Waals surface area contributed by atoms with E-state index in [1.807, 2.05) is 0 Å². The summed E-state index contributed by atoms with van der Waals surface area (Å²) in [6, 6.07) is 6.72. The quantitative estimate of drug-likeness (QED) is 0.733. The number of rotatable bonds is 1. The van der Waals surface area contributed by atoms with E-state index in [2.05, 4.69) is 18.2 Å². The average molecular weight is 189 g/mol. The van der Waals surface area contributed by atoms with Crippen LogP contribution < -0.4 is 10.5 Å². The molecule has 1 saturated carbocycles. The van der Waals surface area contributed by atoms with Gasteiger partial charge in [-0.15, -0.1) is 0 Å². The lowest BCUT2D eigenvalue weighted by atomic mass is 9.88. The first-order chi connectivity index (χ1) is 6.81. The Labute approximate surface area is 84.1 Å². The van der Waals surface area contributed by atoms with Crippen LogP contribution in [0, 0.1) is 0 Å². The summed E-state index contributed by atoms with van der Waals surface area (Å²) < 4.78 is 5.40. The maximum atomic E-state index is 6.09. The van der Waals surface area contributed by atoms with Gasteiger partial charge in [-0.2, -0.15) is 0 Å². The van der Waals surface area contributed by atoms with Crippen molar-refractivity contribution < 1.29 is 4.74 Å². The molecule has 0 heterocycles. The van der Waals surface area contributed by atoms with Gasteiger partial charge in [-0.05, 0) is 30.4 Å². The third-order valence-corrected chi connectivity index (χ3v) is 3.74. The lowest BCUT2D eigenvalue weighted by Gasteiger charge is -2.22. The molecular formula is C12H15NO. The molecule has 3 atom stereocenters. The van der Waals surface area contributed by atoms with Crippen molar-refractivity contribution >= 4 is 0 Å². The number of fused-ring (bicyclic) bond motifs is 5. The van der Waals surface area contributed by atoms with E-state index in [4.69, 9.17) is 10.5 Å². The van der Waals surface area contributed by atoms with E-state index in [9.17, 15) is 0 Å². The Morgan fingerprint density at radius 3 is 3.00 bits per heavy atom. The Balaban J connectivity index is 2.16. The minimum absolute atomic E-state index is 0.375. The number of hydrogen-bond acceptors (Lipinski definition) is 2. The van der Waals surface area contributed by atoms with Crippen LogP contribution in [0.1, 0.15) is 35.8 Å². The van der Waals surface area contributed by atoms with Gasteiger partial charge in [-0.3, -0.25) is 0 Å². The van der Waals surface area contributed by atoms with E-state index in [-0.39, 0.29) is 0 Å². The van der Waals surface area contributed by atoms with Crippen molar-refractivity contribution in [3.05, 3.63) is 29.3 Å². The van der Waals surface area contributed by atoms with Crippen molar-refractivity contribution in [1.29, 1.82) is 0 Å². The fourth-order valence-corrected chi connectivity index (χ4v) is 3.16. The lowest BCUT2D eigenvalue weighted by molar-refractivity contribution is 0.404. The Kier molecular flexibility index (Phi) is 1.62. The molecule has 2 aliphatic rings. The summed E-state index contributed by atoms with van der Waals surface area (Å²) in [5.41, 5.74) is 8.96. The van der Waals surface area contributed by atoms with Crippen LogP contribution in [0.5, 0.6) is 5.75 Å². The van der Waals surface area contributed by atoms with Crippen molar-refractivity contribution in [2.75, 3.05) is 7.11 Å². The van der Waals surface area contributed by atoms with E-state index in [1.165, 1.54) is 17.5 Å². The van der Waals surface area contributed by atoms with Crippen LogP contribution in [0.25, 0.3) is 0 Å². The van der Waals surface area contributed by atoms with E-state index in [0.29, 0.717) is 17.9 Å². The Morgan fingerprint density at radius 2 is 2.21 bits per heavy atom. The topological polar surface area (TPSA) is 35.2 Å². The van der Waals surface area contributed by atoms with Crippen LogP contribution in [0.2, 0.25) is 0 Å². The van der Waals surface area contributed by atoms with E-state index < -0.39 is 0 Å². The number of hydrogen-bond donors (Lipinski definition) is 1. The maximum absolute atomic E-state index is 6.09. The highest BCUT2D eigenvalue weighted by Crippen LogP contribution is 2.55. The summed E-state index contributed by atoms with van der Waals surface area (Å²) in [5.74, 6) is 2.30. The minimum atomic E-state index is 0.375. The van der Waals surface area contributed by atoms with Crippen LogP contribution in [0.3, 0.4) is 0 Å². The van der Waals surface area contributed by atoms with Crippen LogP contribution in [-0.2, 0) is 0 Å². The molecule has 2 bridgehead atoms. The molecule has 2 nitrogen and oxygen atoms in total. The fourth-order valence-electron chi connectivity index (χ4n) is 3.16. The van der Waals surface area contributed by atoms with Crippen molar-refractivity contribution in [2.24, 2.45) is 5.73 Å². The Hall–Kier alpha value is -1.02. The highest BCUT2D eigenvalue weighted by Gasteiger charge is 2.43. The second kappa shape index (κ2) is 2.74. The zero-order valence-electron chi connectivity index (χ0n) is 8.36. The SMILES string of the molecule is COc1cccc2c1C1CC(N)C2C1. The predicted molar refractivity (Wildman–Crippen MR) is 55.7 cm³/mol. The molecule has 2 N–H and O–H groups in total. The van der Waals surface area contributed by atoms with Gasteiger partial charge in [-0.1, -0.05) is 12.1 Å². The van der Waals surface area contributed by atoms with E-state index in [1.54, 1.807) is 7.11 Å².